The maximum Gasteiger partial charge on any atom is 0.124 e. The Morgan fingerprint density at radius 3 is 2.85 bits per heavy atom. The molecule has 1 aromatic carbocycles. The molecular formula is C14H19FN2O3. The fourth-order valence-electron chi connectivity index (χ4n) is 1.61. The van der Waals surface area contributed by atoms with Gasteiger partial charge in [0.1, 0.15) is 11.9 Å². The minimum atomic E-state index is -0.731. The monoisotopic (exact) mass is 282 g/mol. The molecule has 0 radical (unpaired) electrons. The summed E-state index contributed by atoms with van der Waals surface area (Å²) in [6.07, 6.45) is -0.832. The number of halogens is 1. The summed E-state index contributed by atoms with van der Waals surface area (Å²) in [7, 11) is 1.58. The first-order valence-electron chi connectivity index (χ1n) is 6.29. The standard InChI is InChI=1S/C14H19FN2O3/c1-10(8-19-2)20-9-13(18)7-17-14-4-3-12(15)5-11(14)6-16/h3-5,10,13,17-18H,7-9H2,1-2H3. The van der Waals surface area contributed by atoms with Crippen molar-refractivity contribution in [3.63, 3.8) is 0 Å². The average molecular weight is 282 g/mol. The summed E-state index contributed by atoms with van der Waals surface area (Å²) in [5.41, 5.74) is 0.684. The molecule has 6 heteroatoms. The van der Waals surface area contributed by atoms with E-state index in [1.807, 2.05) is 13.0 Å². The van der Waals surface area contributed by atoms with Gasteiger partial charge in [-0.15, -0.1) is 0 Å². The van der Waals surface area contributed by atoms with E-state index < -0.39 is 11.9 Å². The highest BCUT2D eigenvalue weighted by Crippen LogP contribution is 2.15. The lowest BCUT2D eigenvalue weighted by atomic mass is 10.2. The quantitative estimate of drug-likeness (QED) is 0.756. The lowest BCUT2D eigenvalue weighted by molar-refractivity contribution is -0.0282. The molecule has 5 nitrogen and oxygen atoms in total. The Morgan fingerprint density at radius 2 is 2.20 bits per heavy atom. The van der Waals surface area contributed by atoms with E-state index in [4.69, 9.17) is 14.7 Å². The molecule has 110 valence electrons. The van der Waals surface area contributed by atoms with Crippen molar-refractivity contribution in [2.75, 3.05) is 32.2 Å². The zero-order chi connectivity index (χ0) is 15.0. The molecule has 0 amide bonds. The van der Waals surface area contributed by atoms with Crippen molar-refractivity contribution in [2.45, 2.75) is 19.1 Å². The number of ether oxygens (including phenoxy) is 2. The number of nitriles is 1. The molecule has 2 atom stereocenters. The Bertz CT molecular complexity index is 462. The van der Waals surface area contributed by atoms with E-state index in [1.165, 1.54) is 12.1 Å². The van der Waals surface area contributed by atoms with Crippen LogP contribution in [-0.2, 0) is 9.47 Å². The third kappa shape index (κ3) is 5.53. The molecule has 0 aliphatic rings. The van der Waals surface area contributed by atoms with Gasteiger partial charge in [0.2, 0.25) is 0 Å². The van der Waals surface area contributed by atoms with Crippen LogP contribution in [-0.4, -0.2) is 44.2 Å². The predicted molar refractivity (Wildman–Crippen MR) is 72.9 cm³/mol. The van der Waals surface area contributed by atoms with E-state index >= 15 is 0 Å². The van der Waals surface area contributed by atoms with Crippen molar-refractivity contribution < 1.29 is 19.0 Å². The van der Waals surface area contributed by atoms with Crippen molar-refractivity contribution >= 4 is 5.69 Å². The van der Waals surface area contributed by atoms with E-state index in [2.05, 4.69) is 5.32 Å². The summed E-state index contributed by atoms with van der Waals surface area (Å²) >= 11 is 0. The predicted octanol–water partition coefficient (Wildman–Crippen LogP) is 1.52. The first-order chi connectivity index (χ1) is 9.56. The number of hydrogen-bond acceptors (Lipinski definition) is 5. The summed E-state index contributed by atoms with van der Waals surface area (Å²) in [5.74, 6) is -0.468. The number of nitrogens with one attached hydrogen (secondary N) is 1. The molecule has 2 unspecified atom stereocenters. The van der Waals surface area contributed by atoms with Gasteiger partial charge in [-0.25, -0.2) is 4.39 Å². The van der Waals surface area contributed by atoms with E-state index in [1.54, 1.807) is 7.11 Å². The van der Waals surface area contributed by atoms with E-state index in [9.17, 15) is 9.50 Å². The molecule has 0 heterocycles. The lowest BCUT2D eigenvalue weighted by Crippen LogP contribution is -2.28. The molecule has 0 saturated heterocycles. The lowest BCUT2D eigenvalue weighted by Gasteiger charge is -2.17. The molecular weight excluding hydrogens is 263 g/mol. The van der Waals surface area contributed by atoms with Gasteiger partial charge < -0.3 is 19.9 Å². The van der Waals surface area contributed by atoms with Gasteiger partial charge in [0, 0.05) is 13.7 Å². The highest BCUT2D eigenvalue weighted by Gasteiger charge is 2.09. The van der Waals surface area contributed by atoms with Crippen LogP contribution in [0.4, 0.5) is 10.1 Å². The van der Waals surface area contributed by atoms with Crippen LogP contribution in [0.2, 0.25) is 0 Å². The number of methoxy groups -OCH3 is 1. The minimum absolute atomic E-state index is 0.102. The molecule has 0 saturated carbocycles. The third-order valence-electron chi connectivity index (χ3n) is 2.60. The second kappa shape index (κ2) is 8.48. The van der Waals surface area contributed by atoms with Crippen LogP contribution in [0.3, 0.4) is 0 Å². The SMILES string of the molecule is COCC(C)OCC(O)CNc1ccc(F)cc1C#N. The Balaban J connectivity index is 2.41. The second-order valence-corrected chi connectivity index (χ2v) is 4.44. The number of nitrogens with zero attached hydrogens (tertiary/aromatic N) is 1. The minimum Gasteiger partial charge on any atom is -0.389 e. The fraction of sp³-hybridized carbons (Fsp3) is 0.500. The average Bonchev–Trinajstić information content (AvgIpc) is 2.44. The summed E-state index contributed by atoms with van der Waals surface area (Å²) < 4.78 is 23.2. The number of aliphatic hydroxyl groups is 1. The molecule has 0 spiro atoms. The first-order valence-corrected chi connectivity index (χ1v) is 6.29. The van der Waals surface area contributed by atoms with Crippen LogP contribution in [0, 0.1) is 17.1 Å². The zero-order valence-electron chi connectivity index (χ0n) is 11.6. The number of hydrogen-bond donors (Lipinski definition) is 2. The van der Waals surface area contributed by atoms with Crippen molar-refractivity contribution in [3.05, 3.63) is 29.6 Å². The normalized spacial score (nSPS) is 13.6. The third-order valence-corrected chi connectivity index (χ3v) is 2.60. The molecule has 0 aromatic heterocycles. The Morgan fingerprint density at radius 1 is 1.45 bits per heavy atom. The molecule has 0 bridgehead atoms. The molecule has 0 fully saturated rings. The number of benzene rings is 1. The van der Waals surface area contributed by atoms with Crippen molar-refractivity contribution in [2.24, 2.45) is 0 Å². The Labute approximate surface area is 117 Å². The molecule has 1 aromatic rings. The number of aliphatic hydroxyl groups excluding tert-OH is 1. The van der Waals surface area contributed by atoms with Gasteiger partial charge in [-0.2, -0.15) is 5.26 Å². The number of rotatable bonds is 8. The van der Waals surface area contributed by atoms with Gasteiger partial charge in [0.15, 0.2) is 0 Å². The molecule has 20 heavy (non-hydrogen) atoms. The summed E-state index contributed by atoms with van der Waals surface area (Å²) in [6, 6.07) is 5.76. The van der Waals surface area contributed by atoms with Crippen molar-refractivity contribution in [1.29, 1.82) is 5.26 Å². The van der Waals surface area contributed by atoms with E-state index in [0.717, 1.165) is 6.07 Å². The van der Waals surface area contributed by atoms with Gasteiger partial charge >= 0.3 is 0 Å². The maximum atomic E-state index is 13.0. The van der Waals surface area contributed by atoms with Crippen molar-refractivity contribution in [3.8, 4) is 6.07 Å². The highest BCUT2D eigenvalue weighted by atomic mass is 19.1. The topological polar surface area (TPSA) is 74.5 Å². The van der Waals surface area contributed by atoms with Crippen LogP contribution in [0.15, 0.2) is 18.2 Å². The summed E-state index contributed by atoms with van der Waals surface area (Å²) in [5, 5.41) is 21.5. The van der Waals surface area contributed by atoms with Gasteiger partial charge in [-0.3, -0.25) is 0 Å². The maximum absolute atomic E-state index is 13.0. The van der Waals surface area contributed by atoms with Gasteiger partial charge in [-0.05, 0) is 25.1 Å². The van der Waals surface area contributed by atoms with Crippen molar-refractivity contribution in [1.82, 2.24) is 0 Å². The molecule has 2 N–H and O–H groups in total. The molecule has 0 aliphatic heterocycles. The first kappa shape index (κ1) is 16.4. The van der Waals surface area contributed by atoms with Gasteiger partial charge in [-0.1, -0.05) is 0 Å². The second-order valence-electron chi connectivity index (χ2n) is 4.44. The zero-order valence-corrected chi connectivity index (χ0v) is 11.6. The molecule has 1 rings (SSSR count). The van der Waals surface area contributed by atoms with E-state index in [-0.39, 0.29) is 24.8 Å². The van der Waals surface area contributed by atoms with Crippen LogP contribution in [0.5, 0.6) is 0 Å². The summed E-state index contributed by atoms with van der Waals surface area (Å²) in [6.45, 7) is 2.66. The van der Waals surface area contributed by atoms with Gasteiger partial charge in [0.25, 0.3) is 0 Å². The Kier molecular flexibility index (Phi) is 6.94. The van der Waals surface area contributed by atoms with Crippen LogP contribution >= 0.6 is 0 Å². The highest BCUT2D eigenvalue weighted by molar-refractivity contribution is 5.57. The van der Waals surface area contributed by atoms with Crippen LogP contribution < -0.4 is 5.32 Å². The van der Waals surface area contributed by atoms with Gasteiger partial charge in [0.05, 0.1) is 36.7 Å². The smallest absolute Gasteiger partial charge is 0.124 e. The van der Waals surface area contributed by atoms with E-state index in [0.29, 0.717) is 12.3 Å². The molecule has 0 aliphatic carbocycles. The number of anilines is 1. The summed E-state index contributed by atoms with van der Waals surface area (Å²) in [4.78, 5) is 0. The van der Waals surface area contributed by atoms with Crippen LogP contribution in [0.25, 0.3) is 0 Å². The largest absolute Gasteiger partial charge is 0.389 e. The fourth-order valence-corrected chi connectivity index (χ4v) is 1.61. The Hall–Kier alpha value is -1.68. The van der Waals surface area contributed by atoms with Crippen LogP contribution in [0.1, 0.15) is 12.5 Å².